The highest BCUT2D eigenvalue weighted by Gasteiger charge is 2.41. The molecule has 0 saturated carbocycles. The van der Waals surface area contributed by atoms with E-state index in [1.54, 1.807) is 24.4 Å². The van der Waals surface area contributed by atoms with Gasteiger partial charge in [-0.15, -0.1) is 0 Å². The van der Waals surface area contributed by atoms with Crippen LogP contribution in [0.15, 0.2) is 95.5 Å². The van der Waals surface area contributed by atoms with Crippen molar-refractivity contribution in [1.82, 2.24) is 15.2 Å². The van der Waals surface area contributed by atoms with Crippen molar-refractivity contribution in [1.29, 1.82) is 0 Å². The molecule has 6 nitrogen and oxygen atoms in total. The summed E-state index contributed by atoms with van der Waals surface area (Å²) in [6, 6.07) is 26.1. The van der Waals surface area contributed by atoms with Crippen molar-refractivity contribution in [3.05, 3.63) is 114 Å². The second kappa shape index (κ2) is 8.88. The number of nitrogens with one attached hydrogen (secondary N) is 1. The second-order valence-electron chi connectivity index (χ2n) is 7.83. The van der Waals surface area contributed by atoms with E-state index >= 15 is 0 Å². The molecular formula is C26H21N3O3S. The summed E-state index contributed by atoms with van der Waals surface area (Å²) in [4.78, 5) is 18.0. The van der Waals surface area contributed by atoms with Crippen LogP contribution in [-0.2, 0) is 6.54 Å². The molecule has 33 heavy (non-hydrogen) atoms. The second-order valence-corrected chi connectivity index (χ2v) is 8.21. The van der Waals surface area contributed by atoms with Crippen LogP contribution in [0.1, 0.15) is 39.5 Å². The molecule has 0 unspecified atom stereocenters. The average Bonchev–Trinajstić information content (AvgIpc) is 3.45. The van der Waals surface area contributed by atoms with E-state index in [-0.39, 0.29) is 17.6 Å². The summed E-state index contributed by atoms with van der Waals surface area (Å²) >= 11 is 5.72. The zero-order valence-corrected chi connectivity index (χ0v) is 18.4. The number of benzene rings is 2. The van der Waals surface area contributed by atoms with E-state index in [1.807, 2.05) is 54.6 Å². The third kappa shape index (κ3) is 4.23. The lowest BCUT2D eigenvalue weighted by atomic mass is 10.0. The molecule has 2 N–H and O–H groups in total. The van der Waals surface area contributed by atoms with E-state index in [0.717, 1.165) is 17.0 Å². The van der Waals surface area contributed by atoms with E-state index < -0.39 is 5.97 Å². The Kier molecular flexibility index (Phi) is 5.62. The minimum atomic E-state index is -0.974. The highest BCUT2D eigenvalue weighted by Crippen LogP contribution is 2.41. The van der Waals surface area contributed by atoms with Gasteiger partial charge in [-0.2, -0.15) is 0 Å². The van der Waals surface area contributed by atoms with Gasteiger partial charge in [0.05, 0.1) is 17.3 Å². The lowest BCUT2D eigenvalue weighted by molar-refractivity contribution is 0.0697. The number of rotatable bonds is 6. The number of hydrogen-bond donors (Lipinski definition) is 2. The van der Waals surface area contributed by atoms with Crippen LogP contribution in [-0.4, -0.2) is 26.1 Å². The smallest absolute Gasteiger partial charge is 0.335 e. The summed E-state index contributed by atoms with van der Waals surface area (Å²) in [5.41, 5.74) is 2.92. The van der Waals surface area contributed by atoms with Crippen molar-refractivity contribution in [2.75, 3.05) is 0 Å². The Balaban J connectivity index is 1.53. The molecule has 1 saturated heterocycles. The number of furan rings is 1. The first-order valence-electron chi connectivity index (χ1n) is 10.6. The van der Waals surface area contributed by atoms with Gasteiger partial charge in [0.2, 0.25) is 0 Å². The molecule has 2 atom stereocenters. The van der Waals surface area contributed by atoms with E-state index in [0.29, 0.717) is 23.0 Å². The van der Waals surface area contributed by atoms with Gasteiger partial charge in [0.15, 0.2) is 5.11 Å². The van der Waals surface area contributed by atoms with Gasteiger partial charge >= 0.3 is 5.97 Å². The Labute approximate surface area is 196 Å². The third-order valence-electron chi connectivity index (χ3n) is 5.71. The third-order valence-corrected chi connectivity index (χ3v) is 6.06. The number of aromatic carboxylic acids is 1. The normalized spacial score (nSPS) is 17.7. The van der Waals surface area contributed by atoms with Crippen LogP contribution < -0.4 is 5.32 Å². The van der Waals surface area contributed by atoms with Gasteiger partial charge in [0.25, 0.3) is 0 Å². The predicted molar refractivity (Wildman–Crippen MR) is 129 cm³/mol. The standard InChI is InChI=1S/C26H21N3O3S/c30-25(31)19-10-6-9-18(15-19)21-12-13-22(32-21)24-23(20-11-4-5-14-27-20)28-26(33)29(24)16-17-7-2-1-3-8-17/h1-15,23-24H,16H2,(H,28,33)(H,30,31)/t23-,24+/m0/s1. The van der Waals surface area contributed by atoms with Gasteiger partial charge in [-0.25, -0.2) is 4.79 Å². The summed E-state index contributed by atoms with van der Waals surface area (Å²) in [5.74, 6) is 0.355. The number of carbonyl (C=O) groups is 1. The Morgan fingerprint density at radius 1 is 1.03 bits per heavy atom. The molecule has 0 spiro atoms. The van der Waals surface area contributed by atoms with Crippen LogP contribution in [0.2, 0.25) is 0 Å². The molecule has 0 bridgehead atoms. The van der Waals surface area contributed by atoms with Gasteiger partial charge in [0, 0.05) is 18.3 Å². The quantitative estimate of drug-likeness (QED) is 0.386. The van der Waals surface area contributed by atoms with Crippen LogP contribution in [0.25, 0.3) is 11.3 Å². The summed E-state index contributed by atoms with van der Waals surface area (Å²) in [7, 11) is 0. The van der Waals surface area contributed by atoms with Crippen molar-refractivity contribution >= 4 is 23.3 Å². The molecule has 7 heteroatoms. The zero-order valence-electron chi connectivity index (χ0n) is 17.6. The Morgan fingerprint density at radius 3 is 2.61 bits per heavy atom. The Morgan fingerprint density at radius 2 is 1.85 bits per heavy atom. The van der Waals surface area contributed by atoms with Gasteiger partial charge in [0.1, 0.15) is 17.6 Å². The van der Waals surface area contributed by atoms with E-state index in [1.165, 1.54) is 0 Å². The largest absolute Gasteiger partial charge is 0.478 e. The number of pyridine rings is 1. The number of carboxylic acids is 1. The van der Waals surface area contributed by atoms with Gasteiger partial charge in [-0.3, -0.25) is 4.98 Å². The predicted octanol–water partition coefficient (Wildman–Crippen LogP) is 5.21. The number of aromatic nitrogens is 1. The van der Waals surface area contributed by atoms with E-state index in [9.17, 15) is 9.90 Å². The van der Waals surface area contributed by atoms with Crippen molar-refractivity contribution < 1.29 is 14.3 Å². The van der Waals surface area contributed by atoms with Crippen molar-refractivity contribution in [2.45, 2.75) is 18.6 Å². The van der Waals surface area contributed by atoms with E-state index in [2.05, 4.69) is 27.3 Å². The fourth-order valence-corrected chi connectivity index (χ4v) is 4.44. The van der Waals surface area contributed by atoms with Gasteiger partial charge in [-0.1, -0.05) is 48.5 Å². The van der Waals surface area contributed by atoms with E-state index in [4.69, 9.17) is 16.6 Å². The topological polar surface area (TPSA) is 78.6 Å². The molecule has 164 valence electrons. The lowest BCUT2D eigenvalue weighted by Crippen LogP contribution is -2.29. The van der Waals surface area contributed by atoms with Crippen molar-refractivity contribution in [3.63, 3.8) is 0 Å². The SMILES string of the molecule is O=C(O)c1cccc(-c2ccc([C@@H]3[C@H](c4ccccn4)NC(=S)N3Cc3ccccc3)o2)c1. The zero-order chi connectivity index (χ0) is 22.8. The molecule has 4 aromatic rings. The first-order chi connectivity index (χ1) is 16.1. The lowest BCUT2D eigenvalue weighted by Gasteiger charge is -2.26. The summed E-state index contributed by atoms with van der Waals surface area (Å²) < 4.78 is 6.29. The fourth-order valence-electron chi connectivity index (χ4n) is 4.14. The Hall–Kier alpha value is -3.97. The molecule has 3 heterocycles. The average molecular weight is 456 g/mol. The summed E-state index contributed by atoms with van der Waals surface area (Å²) in [5, 5.41) is 13.4. The van der Waals surface area contributed by atoms with Crippen LogP contribution in [0, 0.1) is 0 Å². The molecule has 0 amide bonds. The van der Waals surface area contributed by atoms with Crippen molar-refractivity contribution in [3.8, 4) is 11.3 Å². The first kappa shape index (κ1) is 20.9. The molecule has 0 radical (unpaired) electrons. The monoisotopic (exact) mass is 455 g/mol. The highest BCUT2D eigenvalue weighted by molar-refractivity contribution is 7.80. The van der Waals surface area contributed by atoms with Crippen LogP contribution >= 0.6 is 12.2 Å². The minimum absolute atomic E-state index is 0.188. The molecular weight excluding hydrogens is 434 g/mol. The number of hydrogen-bond acceptors (Lipinski definition) is 4. The highest BCUT2D eigenvalue weighted by atomic mass is 32.1. The number of thiocarbonyl (C=S) groups is 1. The maximum Gasteiger partial charge on any atom is 0.335 e. The molecule has 1 fully saturated rings. The fraction of sp³-hybridized carbons (Fsp3) is 0.115. The van der Waals surface area contributed by atoms with Crippen LogP contribution in [0.5, 0.6) is 0 Å². The summed E-state index contributed by atoms with van der Waals surface area (Å²) in [6.45, 7) is 0.616. The molecule has 1 aliphatic rings. The Bertz CT molecular complexity index is 1290. The van der Waals surface area contributed by atoms with Crippen molar-refractivity contribution in [2.24, 2.45) is 0 Å². The molecule has 1 aliphatic heterocycles. The van der Waals surface area contributed by atoms with Gasteiger partial charge < -0.3 is 19.7 Å². The number of nitrogens with zero attached hydrogens (tertiary/aromatic N) is 2. The maximum absolute atomic E-state index is 11.4. The minimum Gasteiger partial charge on any atom is -0.478 e. The van der Waals surface area contributed by atoms with Crippen LogP contribution in [0.4, 0.5) is 0 Å². The van der Waals surface area contributed by atoms with Gasteiger partial charge in [-0.05, 0) is 54.2 Å². The summed E-state index contributed by atoms with van der Waals surface area (Å²) in [6.07, 6.45) is 1.77. The molecule has 5 rings (SSSR count). The molecule has 2 aromatic heterocycles. The first-order valence-corrected chi connectivity index (χ1v) is 11.0. The number of carboxylic acid groups (broad SMARTS) is 1. The molecule has 0 aliphatic carbocycles. The maximum atomic E-state index is 11.4. The molecule has 2 aromatic carbocycles. The van der Waals surface area contributed by atoms with Crippen LogP contribution in [0.3, 0.4) is 0 Å².